The van der Waals surface area contributed by atoms with Gasteiger partial charge in [-0.3, -0.25) is 4.31 Å². The Morgan fingerprint density at radius 1 is 1.14 bits per heavy atom. The number of cyclic esters (lactones) is 1. The van der Waals surface area contributed by atoms with Crippen molar-refractivity contribution in [2.75, 3.05) is 4.31 Å². The highest BCUT2D eigenvalue weighted by molar-refractivity contribution is 7.92. The van der Waals surface area contributed by atoms with Crippen LogP contribution in [0.5, 0.6) is 0 Å². The fraction of sp³-hybridized carbons (Fsp3) is 0.333. The molecule has 2 aromatic carbocycles. The summed E-state index contributed by atoms with van der Waals surface area (Å²) in [7, 11) is -3.87. The summed E-state index contributed by atoms with van der Waals surface area (Å²) >= 11 is 0. The normalized spacial score (nSPS) is 23.6. The molecule has 0 amide bonds. The van der Waals surface area contributed by atoms with E-state index in [-0.39, 0.29) is 29.0 Å². The van der Waals surface area contributed by atoms with Crippen LogP contribution in [0, 0.1) is 0 Å². The summed E-state index contributed by atoms with van der Waals surface area (Å²) in [6.45, 7) is 3.57. The van der Waals surface area contributed by atoms with E-state index in [1.165, 1.54) is 28.6 Å². The third-order valence-corrected chi connectivity index (χ3v) is 7.07. The topological polar surface area (TPSA) is 90.0 Å². The molecule has 0 aromatic heterocycles. The van der Waals surface area contributed by atoms with Gasteiger partial charge in [0.25, 0.3) is 10.0 Å². The van der Waals surface area contributed by atoms with Crippen LogP contribution in [0.4, 0.5) is 5.69 Å². The summed E-state index contributed by atoms with van der Waals surface area (Å²) in [5.41, 5.74) is 1.68. The van der Waals surface area contributed by atoms with Gasteiger partial charge in [-0.05, 0) is 50.1 Å². The summed E-state index contributed by atoms with van der Waals surface area (Å²) < 4.78 is 38.2. The number of hydrogen-bond acceptors (Lipinski definition) is 6. The largest absolute Gasteiger partial charge is 0.460 e. The van der Waals surface area contributed by atoms with Crippen LogP contribution in [0.15, 0.2) is 53.4 Å². The van der Waals surface area contributed by atoms with Crippen molar-refractivity contribution in [2.45, 2.75) is 49.8 Å². The quantitative estimate of drug-likeness (QED) is 0.714. The number of anilines is 1. The molecular weight excluding hydrogens is 394 g/mol. The van der Waals surface area contributed by atoms with Gasteiger partial charge in [0.05, 0.1) is 16.1 Å². The molecule has 1 fully saturated rings. The number of benzene rings is 2. The highest BCUT2D eigenvalue weighted by Crippen LogP contribution is 2.36. The van der Waals surface area contributed by atoms with Crippen LogP contribution in [0.1, 0.15) is 36.2 Å². The number of ether oxygens (including phenoxy) is 2. The Hall–Kier alpha value is -2.87. The first kappa shape index (κ1) is 19.4. The minimum atomic E-state index is -3.87. The van der Waals surface area contributed by atoms with Crippen molar-refractivity contribution in [1.29, 1.82) is 0 Å². The Bertz CT molecular complexity index is 1080. The lowest BCUT2D eigenvalue weighted by molar-refractivity contribution is -0.147. The van der Waals surface area contributed by atoms with Gasteiger partial charge < -0.3 is 9.47 Å². The Morgan fingerprint density at radius 2 is 1.90 bits per heavy atom. The molecule has 1 saturated heterocycles. The van der Waals surface area contributed by atoms with Crippen molar-refractivity contribution in [2.24, 2.45) is 0 Å². The van der Waals surface area contributed by atoms with Gasteiger partial charge in [-0.2, -0.15) is 0 Å². The van der Waals surface area contributed by atoms with Crippen molar-refractivity contribution in [1.82, 2.24) is 0 Å². The van der Waals surface area contributed by atoms with E-state index in [1.54, 1.807) is 19.1 Å². The van der Waals surface area contributed by atoms with E-state index in [0.29, 0.717) is 12.1 Å². The monoisotopic (exact) mass is 415 g/mol. The van der Waals surface area contributed by atoms with E-state index in [9.17, 15) is 18.0 Å². The van der Waals surface area contributed by atoms with Crippen LogP contribution in [-0.4, -0.2) is 38.6 Å². The fourth-order valence-electron chi connectivity index (χ4n) is 3.81. The molecule has 7 nitrogen and oxygen atoms in total. The second-order valence-corrected chi connectivity index (χ2v) is 9.20. The molecule has 152 valence electrons. The number of rotatable bonds is 4. The van der Waals surface area contributed by atoms with Gasteiger partial charge in [0.2, 0.25) is 6.10 Å². The predicted molar refractivity (Wildman–Crippen MR) is 105 cm³/mol. The molecule has 0 unspecified atom stereocenters. The zero-order valence-corrected chi connectivity index (χ0v) is 16.9. The summed E-state index contributed by atoms with van der Waals surface area (Å²) in [5, 5.41) is 0. The minimum absolute atomic E-state index is 0.00197. The lowest BCUT2D eigenvalue weighted by Crippen LogP contribution is -2.35. The number of esters is 2. The lowest BCUT2D eigenvalue weighted by Gasteiger charge is -2.24. The number of carbonyl (C=O) groups excluding carboxylic acids is 2. The van der Waals surface area contributed by atoms with Gasteiger partial charge >= 0.3 is 11.9 Å². The molecule has 2 aromatic rings. The smallest absolute Gasteiger partial charge is 0.347 e. The molecular formula is C21H21NO6S. The van der Waals surface area contributed by atoms with Gasteiger partial charge in [0.15, 0.2) is 0 Å². The SMILES string of the molecule is C[C@@H]1C[C@@H](OC(=O)c2cccc(S(=O)(=O)N3c4ccccc4C[C@H]3C)c2)C(=O)O1. The first-order valence-electron chi connectivity index (χ1n) is 9.41. The molecule has 3 atom stereocenters. The number of fused-ring (bicyclic) bond motifs is 1. The predicted octanol–water partition coefficient (Wildman–Crippen LogP) is 2.69. The van der Waals surface area contributed by atoms with Crippen molar-refractivity contribution in [3.8, 4) is 0 Å². The van der Waals surface area contributed by atoms with Crippen molar-refractivity contribution in [3.63, 3.8) is 0 Å². The molecule has 2 aliphatic heterocycles. The van der Waals surface area contributed by atoms with Crippen LogP contribution < -0.4 is 4.31 Å². The maximum Gasteiger partial charge on any atom is 0.347 e. The number of nitrogens with zero attached hydrogens (tertiary/aromatic N) is 1. The second-order valence-electron chi connectivity index (χ2n) is 7.39. The zero-order valence-electron chi connectivity index (χ0n) is 16.1. The van der Waals surface area contributed by atoms with Gasteiger partial charge in [0, 0.05) is 12.5 Å². The molecule has 0 radical (unpaired) electrons. The van der Waals surface area contributed by atoms with Gasteiger partial charge in [-0.15, -0.1) is 0 Å². The number of sulfonamides is 1. The number of hydrogen-bond donors (Lipinski definition) is 0. The molecule has 2 heterocycles. The van der Waals surface area contributed by atoms with Crippen molar-refractivity contribution in [3.05, 3.63) is 59.7 Å². The molecule has 4 rings (SSSR count). The molecule has 0 spiro atoms. The maximum absolute atomic E-state index is 13.3. The van der Waals surface area contributed by atoms with E-state index in [0.717, 1.165) is 5.56 Å². The van der Waals surface area contributed by atoms with E-state index in [2.05, 4.69) is 0 Å². The highest BCUT2D eigenvalue weighted by Gasteiger charge is 2.37. The van der Waals surface area contributed by atoms with Gasteiger partial charge in [0.1, 0.15) is 6.10 Å². The summed E-state index contributed by atoms with van der Waals surface area (Å²) in [6, 6.07) is 12.8. The highest BCUT2D eigenvalue weighted by atomic mass is 32.2. The fourth-order valence-corrected chi connectivity index (χ4v) is 5.55. The van der Waals surface area contributed by atoms with Crippen molar-refractivity contribution < 1.29 is 27.5 Å². The molecule has 29 heavy (non-hydrogen) atoms. The average Bonchev–Trinajstić information content (AvgIpc) is 3.19. The third kappa shape index (κ3) is 3.48. The Morgan fingerprint density at radius 3 is 2.62 bits per heavy atom. The summed E-state index contributed by atoms with van der Waals surface area (Å²) in [4.78, 5) is 24.2. The molecule has 0 saturated carbocycles. The number of carbonyl (C=O) groups is 2. The average molecular weight is 415 g/mol. The second kappa shape index (κ2) is 7.18. The zero-order chi connectivity index (χ0) is 20.8. The lowest BCUT2D eigenvalue weighted by atomic mass is 10.1. The van der Waals surface area contributed by atoms with Crippen LogP contribution >= 0.6 is 0 Å². The van der Waals surface area contributed by atoms with Gasteiger partial charge in [-0.25, -0.2) is 18.0 Å². The Labute approximate surface area is 169 Å². The summed E-state index contributed by atoms with van der Waals surface area (Å²) in [6.07, 6.45) is -0.379. The van der Waals surface area contributed by atoms with Crippen molar-refractivity contribution >= 4 is 27.6 Å². The van der Waals surface area contributed by atoms with E-state index < -0.39 is 28.1 Å². The van der Waals surface area contributed by atoms with Crippen LogP contribution in [0.25, 0.3) is 0 Å². The molecule has 0 N–H and O–H groups in total. The van der Waals surface area contributed by atoms with E-state index in [1.807, 2.05) is 19.1 Å². The third-order valence-electron chi connectivity index (χ3n) is 5.15. The minimum Gasteiger partial charge on any atom is -0.460 e. The Kier molecular flexibility index (Phi) is 4.82. The number of para-hydroxylation sites is 1. The first-order valence-corrected chi connectivity index (χ1v) is 10.9. The molecule has 0 bridgehead atoms. The van der Waals surface area contributed by atoms with E-state index >= 15 is 0 Å². The van der Waals surface area contributed by atoms with Crippen LogP contribution in [0.2, 0.25) is 0 Å². The molecule has 0 aliphatic carbocycles. The van der Waals surface area contributed by atoms with E-state index in [4.69, 9.17) is 9.47 Å². The maximum atomic E-state index is 13.3. The summed E-state index contributed by atoms with van der Waals surface area (Å²) in [5.74, 6) is -1.34. The standard InChI is InChI=1S/C21H21NO6S/c1-13-10-15-6-3-4-9-18(15)22(13)29(25,26)17-8-5-7-16(12-17)20(23)28-19-11-14(2)27-21(19)24/h3-9,12-14,19H,10-11H2,1-2H3/t13-,14-,19-/m1/s1. The Balaban J connectivity index is 1.61. The van der Waals surface area contributed by atoms with Crippen LogP contribution in [-0.2, 0) is 30.7 Å². The first-order chi connectivity index (χ1) is 13.8. The van der Waals surface area contributed by atoms with Crippen LogP contribution in [0.3, 0.4) is 0 Å². The molecule has 8 heteroatoms. The molecule has 2 aliphatic rings. The van der Waals surface area contributed by atoms with Gasteiger partial charge in [-0.1, -0.05) is 24.3 Å².